The second kappa shape index (κ2) is 4.96. The monoisotopic (exact) mass is 221 g/mol. The lowest BCUT2D eigenvalue weighted by molar-refractivity contribution is -0.136. The zero-order chi connectivity index (χ0) is 10.1. The largest absolute Gasteiger partial charge is 0.338 e. The van der Waals surface area contributed by atoms with Gasteiger partial charge in [0, 0.05) is 25.7 Å². The highest BCUT2D eigenvalue weighted by atomic mass is 35.5. The van der Waals surface area contributed by atoms with Crippen molar-refractivity contribution in [2.24, 2.45) is 5.73 Å². The summed E-state index contributed by atoms with van der Waals surface area (Å²) in [7, 11) is 0. The molecule has 1 fully saturated rings. The number of amides is 1. The normalized spacial score (nSPS) is 22.9. The summed E-state index contributed by atoms with van der Waals surface area (Å²) >= 11 is 0. The molecule has 0 radical (unpaired) electrons. The van der Waals surface area contributed by atoms with Crippen molar-refractivity contribution in [3.63, 3.8) is 0 Å². The average molecular weight is 222 g/mol. The Bertz CT molecular complexity index is 203. The first-order valence-electron chi connectivity index (χ1n) is 4.73. The second-order valence-electron chi connectivity index (χ2n) is 4.33. The second-order valence-corrected chi connectivity index (χ2v) is 4.33. The van der Waals surface area contributed by atoms with Gasteiger partial charge in [0.15, 0.2) is 0 Å². The van der Waals surface area contributed by atoms with Gasteiger partial charge >= 0.3 is 0 Å². The minimum Gasteiger partial charge on any atom is -0.338 e. The Morgan fingerprint density at radius 1 is 1.57 bits per heavy atom. The zero-order valence-electron chi connectivity index (χ0n) is 9.04. The van der Waals surface area contributed by atoms with Gasteiger partial charge < -0.3 is 16.0 Å². The number of hydrogen-bond acceptors (Lipinski definition) is 3. The van der Waals surface area contributed by atoms with Crippen LogP contribution in [0.15, 0.2) is 0 Å². The lowest BCUT2D eigenvalue weighted by Crippen LogP contribution is -2.58. The number of carbonyl (C=O) groups is 1. The van der Waals surface area contributed by atoms with Gasteiger partial charge in [-0.05, 0) is 20.8 Å². The van der Waals surface area contributed by atoms with Gasteiger partial charge in [-0.1, -0.05) is 0 Å². The third-order valence-corrected chi connectivity index (χ3v) is 2.21. The van der Waals surface area contributed by atoms with Crippen molar-refractivity contribution in [1.82, 2.24) is 10.2 Å². The molecule has 1 saturated heterocycles. The van der Waals surface area contributed by atoms with Gasteiger partial charge in [-0.15, -0.1) is 12.4 Å². The van der Waals surface area contributed by atoms with Crippen LogP contribution in [0.25, 0.3) is 0 Å². The molecule has 84 valence electrons. The van der Waals surface area contributed by atoms with Gasteiger partial charge in [0.25, 0.3) is 0 Å². The van der Waals surface area contributed by atoms with E-state index < -0.39 is 5.54 Å². The van der Waals surface area contributed by atoms with Gasteiger partial charge in [-0.25, -0.2) is 0 Å². The highest BCUT2D eigenvalue weighted by Crippen LogP contribution is 2.07. The van der Waals surface area contributed by atoms with Gasteiger partial charge in [0.1, 0.15) is 0 Å². The Labute approximate surface area is 91.6 Å². The third-order valence-electron chi connectivity index (χ3n) is 2.21. The highest BCUT2D eigenvalue weighted by molar-refractivity contribution is 5.85. The molecule has 5 heteroatoms. The zero-order valence-corrected chi connectivity index (χ0v) is 9.86. The van der Waals surface area contributed by atoms with Crippen LogP contribution in [0.2, 0.25) is 0 Å². The highest BCUT2D eigenvalue weighted by Gasteiger charge is 2.29. The molecule has 1 aliphatic rings. The van der Waals surface area contributed by atoms with Crippen molar-refractivity contribution in [2.75, 3.05) is 19.6 Å². The number of piperazine rings is 1. The van der Waals surface area contributed by atoms with E-state index in [4.69, 9.17) is 5.73 Å². The van der Waals surface area contributed by atoms with E-state index in [2.05, 4.69) is 12.2 Å². The van der Waals surface area contributed by atoms with Crippen molar-refractivity contribution >= 4 is 18.3 Å². The van der Waals surface area contributed by atoms with Gasteiger partial charge in [0.05, 0.1) is 5.54 Å². The SMILES string of the molecule is C[C@H]1CN(C(=O)C(C)(C)N)CCN1.Cl. The molecular formula is C9H20ClN3O. The molecular weight excluding hydrogens is 202 g/mol. The van der Waals surface area contributed by atoms with Crippen molar-refractivity contribution in [3.8, 4) is 0 Å². The van der Waals surface area contributed by atoms with E-state index in [1.807, 2.05) is 4.90 Å². The molecule has 0 bridgehead atoms. The molecule has 4 nitrogen and oxygen atoms in total. The van der Waals surface area contributed by atoms with E-state index in [-0.39, 0.29) is 18.3 Å². The molecule has 0 unspecified atom stereocenters. The predicted molar refractivity (Wildman–Crippen MR) is 59.6 cm³/mol. The molecule has 1 atom stereocenters. The lowest BCUT2D eigenvalue weighted by atomic mass is 10.0. The molecule has 3 N–H and O–H groups in total. The molecule has 1 rings (SSSR count). The summed E-state index contributed by atoms with van der Waals surface area (Å²) in [6.07, 6.45) is 0. The molecule has 1 amide bonds. The van der Waals surface area contributed by atoms with Crippen molar-refractivity contribution in [3.05, 3.63) is 0 Å². The molecule has 0 aromatic carbocycles. The minimum absolute atomic E-state index is 0. The predicted octanol–water partition coefficient (Wildman–Crippen LogP) is -0.0342. The standard InChI is InChI=1S/C9H19N3O.ClH/c1-7-6-12(5-4-11-7)8(13)9(2,3)10;/h7,11H,4-6,10H2,1-3H3;1H/t7-;/m0./s1. The fourth-order valence-corrected chi connectivity index (χ4v) is 1.52. The third kappa shape index (κ3) is 3.44. The first-order chi connectivity index (χ1) is 5.91. The Morgan fingerprint density at radius 3 is 2.57 bits per heavy atom. The van der Waals surface area contributed by atoms with E-state index in [0.717, 1.165) is 19.6 Å². The number of nitrogens with two attached hydrogens (primary N) is 1. The minimum atomic E-state index is -0.739. The molecule has 14 heavy (non-hydrogen) atoms. The molecule has 1 aliphatic heterocycles. The summed E-state index contributed by atoms with van der Waals surface area (Å²) < 4.78 is 0. The summed E-state index contributed by atoms with van der Waals surface area (Å²) in [4.78, 5) is 13.6. The van der Waals surface area contributed by atoms with E-state index in [1.54, 1.807) is 13.8 Å². The van der Waals surface area contributed by atoms with Gasteiger partial charge in [0.2, 0.25) is 5.91 Å². The summed E-state index contributed by atoms with van der Waals surface area (Å²) in [6.45, 7) is 7.97. The Balaban J connectivity index is 0.00000169. The van der Waals surface area contributed by atoms with Gasteiger partial charge in [-0.2, -0.15) is 0 Å². The Hall–Kier alpha value is -0.320. The first-order valence-corrected chi connectivity index (χ1v) is 4.73. The number of hydrogen-bond donors (Lipinski definition) is 2. The van der Waals surface area contributed by atoms with E-state index in [1.165, 1.54) is 0 Å². The van der Waals surface area contributed by atoms with Crippen LogP contribution >= 0.6 is 12.4 Å². The molecule has 0 aromatic rings. The van der Waals surface area contributed by atoms with Gasteiger partial charge in [-0.3, -0.25) is 4.79 Å². The fraction of sp³-hybridized carbons (Fsp3) is 0.889. The maximum atomic E-state index is 11.7. The van der Waals surface area contributed by atoms with E-state index in [0.29, 0.717) is 6.04 Å². The van der Waals surface area contributed by atoms with Crippen LogP contribution in [0.3, 0.4) is 0 Å². The van der Waals surface area contributed by atoms with Crippen LogP contribution in [-0.2, 0) is 4.79 Å². The van der Waals surface area contributed by atoms with Crippen LogP contribution in [0.5, 0.6) is 0 Å². The number of nitrogens with zero attached hydrogens (tertiary/aromatic N) is 1. The summed E-state index contributed by atoms with van der Waals surface area (Å²) in [5.41, 5.74) is 5.00. The van der Waals surface area contributed by atoms with Crippen LogP contribution < -0.4 is 11.1 Å². The summed E-state index contributed by atoms with van der Waals surface area (Å²) in [6, 6.07) is 0.375. The average Bonchev–Trinajstić information content (AvgIpc) is 2.01. The number of carbonyl (C=O) groups excluding carboxylic acids is 1. The van der Waals surface area contributed by atoms with E-state index >= 15 is 0 Å². The molecule has 0 aromatic heterocycles. The van der Waals surface area contributed by atoms with Crippen LogP contribution in [0.1, 0.15) is 20.8 Å². The molecule has 0 aliphatic carbocycles. The van der Waals surface area contributed by atoms with Crippen LogP contribution in [-0.4, -0.2) is 42.0 Å². The van der Waals surface area contributed by atoms with Crippen molar-refractivity contribution < 1.29 is 4.79 Å². The first kappa shape index (κ1) is 13.7. The Kier molecular flexibility index (Phi) is 4.84. The number of nitrogens with one attached hydrogen (secondary N) is 1. The smallest absolute Gasteiger partial charge is 0.242 e. The number of halogens is 1. The molecule has 0 saturated carbocycles. The Morgan fingerprint density at radius 2 is 2.14 bits per heavy atom. The maximum Gasteiger partial charge on any atom is 0.242 e. The van der Waals surface area contributed by atoms with Crippen LogP contribution in [0, 0.1) is 0 Å². The lowest BCUT2D eigenvalue weighted by Gasteiger charge is -2.35. The molecule has 1 heterocycles. The quantitative estimate of drug-likeness (QED) is 0.654. The maximum absolute atomic E-state index is 11.7. The van der Waals surface area contributed by atoms with Crippen molar-refractivity contribution in [2.45, 2.75) is 32.4 Å². The topological polar surface area (TPSA) is 58.4 Å². The molecule has 0 spiro atoms. The summed E-state index contributed by atoms with van der Waals surface area (Å²) in [5, 5.41) is 3.28. The van der Waals surface area contributed by atoms with Crippen LogP contribution in [0.4, 0.5) is 0 Å². The fourth-order valence-electron chi connectivity index (χ4n) is 1.52. The summed E-state index contributed by atoms with van der Waals surface area (Å²) in [5.74, 6) is 0.0425. The number of rotatable bonds is 1. The van der Waals surface area contributed by atoms with E-state index in [9.17, 15) is 4.79 Å². The van der Waals surface area contributed by atoms with Crippen molar-refractivity contribution in [1.29, 1.82) is 0 Å².